The lowest BCUT2D eigenvalue weighted by Gasteiger charge is -2.17. The molecular formula is C23H22Br2N2O. The zero-order valence-electron chi connectivity index (χ0n) is 15.8. The van der Waals surface area contributed by atoms with Crippen LogP contribution in [0.4, 0.5) is 5.69 Å². The molecule has 2 N–H and O–H groups in total. The summed E-state index contributed by atoms with van der Waals surface area (Å²) in [5, 5.41) is 16.5. The molecule has 1 heterocycles. The van der Waals surface area contributed by atoms with Gasteiger partial charge in [0.05, 0.1) is 12.6 Å². The number of nitrogens with one attached hydrogen (secondary N) is 1. The van der Waals surface area contributed by atoms with Crippen molar-refractivity contribution in [2.45, 2.75) is 26.5 Å². The minimum Gasteiger partial charge on any atom is -0.389 e. The first-order valence-electron chi connectivity index (χ1n) is 9.28. The smallest absolute Gasteiger partial charge is 0.0891 e. The number of hydrogen-bond donors (Lipinski definition) is 2. The maximum Gasteiger partial charge on any atom is 0.0891 e. The molecule has 144 valence electrons. The Hall–Kier alpha value is -1.82. The quantitative estimate of drug-likeness (QED) is 0.331. The van der Waals surface area contributed by atoms with Gasteiger partial charge in [0.2, 0.25) is 0 Å². The third-order valence-corrected chi connectivity index (χ3v) is 6.08. The van der Waals surface area contributed by atoms with E-state index >= 15 is 0 Å². The highest BCUT2D eigenvalue weighted by atomic mass is 79.9. The number of hydrogen-bond acceptors (Lipinski definition) is 2. The molecule has 0 fully saturated rings. The Labute approximate surface area is 181 Å². The van der Waals surface area contributed by atoms with Gasteiger partial charge in [0.1, 0.15) is 0 Å². The summed E-state index contributed by atoms with van der Waals surface area (Å²) < 4.78 is 4.31. The molecule has 0 unspecified atom stereocenters. The van der Waals surface area contributed by atoms with Crippen LogP contribution in [0.25, 0.3) is 21.8 Å². The molecule has 0 aliphatic heterocycles. The molecule has 0 spiro atoms. The van der Waals surface area contributed by atoms with Crippen molar-refractivity contribution in [3.05, 3.63) is 74.7 Å². The number of fused-ring (bicyclic) bond motifs is 3. The number of halogens is 2. The Morgan fingerprint density at radius 3 is 2.07 bits per heavy atom. The van der Waals surface area contributed by atoms with Crippen LogP contribution in [0.3, 0.4) is 0 Å². The Kier molecular flexibility index (Phi) is 5.50. The topological polar surface area (TPSA) is 37.2 Å². The van der Waals surface area contributed by atoms with Crippen molar-refractivity contribution in [1.82, 2.24) is 4.57 Å². The fourth-order valence-corrected chi connectivity index (χ4v) is 4.48. The fraction of sp³-hybridized carbons (Fsp3) is 0.217. The van der Waals surface area contributed by atoms with Crippen LogP contribution in [0, 0.1) is 13.8 Å². The van der Waals surface area contributed by atoms with Crippen LogP contribution >= 0.6 is 31.9 Å². The third kappa shape index (κ3) is 3.84. The molecule has 0 amide bonds. The van der Waals surface area contributed by atoms with E-state index in [2.05, 4.69) is 98.1 Å². The second kappa shape index (κ2) is 7.90. The van der Waals surface area contributed by atoms with Crippen LogP contribution in [0.2, 0.25) is 0 Å². The first kappa shape index (κ1) is 19.5. The third-order valence-electron chi connectivity index (χ3n) is 5.09. The Morgan fingerprint density at radius 2 is 1.50 bits per heavy atom. The highest BCUT2D eigenvalue weighted by Gasteiger charge is 2.15. The second-order valence-corrected chi connectivity index (χ2v) is 9.12. The van der Waals surface area contributed by atoms with Crippen molar-refractivity contribution in [2.75, 3.05) is 11.9 Å². The molecule has 1 aromatic heterocycles. The standard InChI is InChI=1S/C23H22Br2N2O/c1-14-3-6-21(15(2)9-14)26-12-18(28)13-27-22-7-4-16(24)10-19(22)20-11-17(25)5-8-23(20)27/h3-11,18,26,28H,12-13H2,1-2H3/t18-/m0/s1. The van der Waals surface area contributed by atoms with Gasteiger partial charge in [-0.05, 0) is 61.9 Å². The molecule has 0 saturated heterocycles. The van der Waals surface area contributed by atoms with Crippen molar-refractivity contribution in [3.63, 3.8) is 0 Å². The van der Waals surface area contributed by atoms with E-state index in [0.29, 0.717) is 13.1 Å². The van der Waals surface area contributed by atoms with E-state index in [4.69, 9.17) is 0 Å². The molecule has 0 aliphatic rings. The maximum absolute atomic E-state index is 10.8. The van der Waals surface area contributed by atoms with Gasteiger partial charge in [-0.1, -0.05) is 49.6 Å². The molecule has 28 heavy (non-hydrogen) atoms. The monoisotopic (exact) mass is 500 g/mol. The van der Waals surface area contributed by atoms with Crippen molar-refractivity contribution in [2.24, 2.45) is 0 Å². The number of aryl methyl sites for hydroxylation is 2. The van der Waals surface area contributed by atoms with E-state index in [0.717, 1.165) is 25.7 Å². The van der Waals surface area contributed by atoms with Gasteiger partial charge < -0.3 is 15.0 Å². The van der Waals surface area contributed by atoms with E-state index in [-0.39, 0.29) is 0 Å². The Morgan fingerprint density at radius 1 is 0.893 bits per heavy atom. The number of nitrogens with zero attached hydrogens (tertiary/aromatic N) is 1. The minimum atomic E-state index is -0.508. The molecule has 0 bridgehead atoms. The fourth-order valence-electron chi connectivity index (χ4n) is 3.76. The largest absolute Gasteiger partial charge is 0.389 e. The van der Waals surface area contributed by atoms with Gasteiger partial charge in [0.15, 0.2) is 0 Å². The Bertz CT molecular complexity index is 1110. The summed E-state index contributed by atoms with van der Waals surface area (Å²) in [7, 11) is 0. The zero-order valence-corrected chi connectivity index (χ0v) is 19.0. The van der Waals surface area contributed by atoms with Crippen LogP contribution in [0.15, 0.2) is 63.5 Å². The molecule has 0 saturated carbocycles. The van der Waals surface area contributed by atoms with Crippen LogP contribution in [-0.4, -0.2) is 22.3 Å². The molecule has 5 heteroatoms. The van der Waals surface area contributed by atoms with Crippen LogP contribution in [0.5, 0.6) is 0 Å². The SMILES string of the molecule is Cc1ccc(NC[C@H](O)Cn2c3ccc(Br)cc3c3cc(Br)ccc32)c(C)c1. The number of anilines is 1. The number of aliphatic hydroxyl groups excluding tert-OH is 1. The number of benzene rings is 3. The molecular weight excluding hydrogens is 480 g/mol. The number of aromatic nitrogens is 1. The predicted octanol–water partition coefficient (Wildman–Crippen LogP) is 6.41. The highest BCUT2D eigenvalue weighted by Crippen LogP contribution is 2.33. The number of aliphatic hydroxyl groups is 1. The van der Waals surface area contributed by atoms with Crippen LogP contribution in [-0.2, 0) is 6.54 Å². The summed E-state index contributed by atoms with van der Waals surface area (Å²) in [4.78, 5) is 0. The number of rotatable bonds is 5. The van der Waals surface area contributed by atoms with Gasteiger partial charge in [-0.2, -0.15) is 0 Å². The summed E-state index contributed by atoms with van der Waals surface area (Å²) in [5.41, 5.74) is 5.76. The average molecular weight is 502 g/mol. The Balaban J connectivity index is 1.63. The molecule has 3 nitrogen and oxygen atoms in total. The first-order chi connectivity index (χ1) is 13.4. The molecule has 0 aliphatic carbocycles. The first-order valence-corrected chi connectivity index (χ1v) is 10.9. The summed E-state index contributed by atoms with van der Waals surface area (Å²) in [5.74, 6) is 0. The van der Waals surface area contributed by atoms with Gasteiger partial charge in [0.25, 0.3) is 0 Å². The molecule has 1 atom stereocenters. The van der Waals surface area contributed by atoms with Gasteiger partial charge in [-0.15, -0.1) is 0 Å². The van der Waals surface area contributed by atoms with Crippen molar-refractivity contribution >= 4 is 59.4 Å². The predicted molar refractivity (Wildman–Crippen MR) is 125 cm³/mol. The summed E-state index contributed by atoms with van der Waals surface area (Å²) in [6, 6.07) is 18.9. The summed E-state index contributed by atoms with van der Waals surface area (Å²) >= 11 is 7.16. The lowest BCUT2D eigenvalue weighted by atomic mass is 10.1. The summed E-state index contributed by atoms with van der Waals surface area (Å²) in [6.07, 6.45) is -0.508. The van der Waals surface area contributed by atoms with E-state index in [1.165, 1.54) is 21.9 Å². The van der Waals surface area contributed by atoms with Gasteiger partial charge in [0, 0.05) is 43.0 Å². The van der Waals surface area contributed by atoms with E-state index in [1.54, 1.807) is 0 Å². The minimum absolute atomic E-state index is 0.498. The van der Waals surface area contributed by atoms with E-state index < -0.39 is 6.10 Å². The van der Waals surface area contributed by atoms with E-state index in [9.17, 15) is 5.11 Å². The van der Waals surface area contributed by atoms with E-state index in [1.807, 2.05) is 12.1 Å². The van der Waals surface area contributed by atoms with Crippen LogP contribution < -0.4 is 5.32 Å². The molecule has 3 aromatic carbocycles. The van der Waals surface area contributed by atoms with Gasteiger partial charge in [-0.25, -0.2) is 0 Å². The second-order valence-electron chi connectivity index (χ2n) is 7.29. The highest BCUT2D eigenvalue weighted by molar-refractivity contribution is 9.10. The normalized spacial score (nSPS) is 12.6. The lowest BCUT2D eigenvalue weighted by Crippen LogP contribution is -2.25. The summed E-state index contributed by atoms with van der Waals surface area (Å²) in [6.45, 7) is 5.20. The average Bonchev–Trinajstić information content (AvgIpc) is 2.93. The molecule has 4 rings (SSSR count). The molecule has 4 aromatic rings. The molecule has 0 radical (unpaired) electrons. The zero-order chi connectivity index (χ0) is 19.8. The van der Waals surface area contributed by atoms with Crippen LogP contribution in [0.1, 0.15) is 11.1 Å². The lowest BCUT2D eigenvalue weighted by molar-refractivity contribution is 0.169. The van der Waals surface area contributed by atoms with Gasteiger partial charge in [-0.3, -0.25) is 0 Å². The van der Waals surface area contributed by atoms with Crippen molar-refractivity contribution in [1.29, 1.82) is 0 Å². The van der Waals surface area contributed by atoms with Crippen molar-refractivity contribution < 1.29 is 5.11 Å². The van der Waals surface area contributed by atoms with Crippen molar-refractivity contribution in [3.8, 4) is 0 Å². The maximum atomic E-state index is 10.8. The van der Waals surface area contributed by atoms with Gasteiger partial charge >= 0.3 is 0 Å².